The molecule has 0 unspecified atom stereocenters. The van der Waals surface area contributed by atoms with Crippen LogP contribution in [-0.2, 0) is 0 Å². The van der Waals surface area contributed by atoms with Crippen LogP contribution in [0.25, 0.3) is 45.3 Å². The third-order valence-corrected chi connectivity index (χ3v) is 4.61. The molecule has 5 rings (SSSR count). The molecule has 0 aliphatic rings. The van der Waals surface area contributed by atoms with Gasteiger partial charge in [0.15, 0.2) is 0 Å². The van der Waals surface area contributed by atoms with Crippen LogP contribution < -0.4 is 0 Å². The molecule has 0 aliphatic heterocycles. The highest BCUT2D eigenvalue weighted by Gasteiger charge is 2.09. The van der Waals surface area contributed by atoms with E-state index in [2.05, 4.69) is 31.0 Å². The molecule has 28 heavy (non-hydrogen) atoms. The van der Waals surface area contributed by atoms with Crippen LogP contribution in [0.2, 0.25) is 0 Å². The quantitative estimate of drug-likeness (QED) is 0.461. The standard InChI is InChI=1S/C23H17N5/c1-3-7-16(8-4-1)22-25-14-20(27-22)18-11-19(13-24-12-18)21-15-26-23(28-21)17-9-5-2-6-10-17/h1-15H,(H,25,27)(H,26,28). The van der Waals surface area contributed by atoms with Gasteiger partial charge in [-0.25, -0.2) is 9.97 Å². The van der Waals surface area contributed by atoms with Gasteiger partial charge in [0.25, 0.3) is 0 Å². The minimum Gasteiger partial charge on any atom is -0.338 e. The minimum atomic E-state index is 0.842. The van der Waals surface area contributed by atoms with Crippen molar-refractivity contribution >= 4 is 0 Å². The number of hydrogen-bond acceptors (Lipinski definition) is 3. The van der Waals surface area contributed by atoms with Crippen molar-refractivity contribution < 1.29 is 0 Å². The number of hydrogen-bond donors (Lipinski definition) is 2. The van der Waals surface area contributed by atoms with E-state index in [0.717, 1.165) is 45.3 Å². The number of H-pyrrole nitrogens is 2. The van der Waals surface area contributed by atoms with Gasteiger partial charge in [-0.2, -0.15) is 0 Å². The first-order chi connectivity index (χ1) is 13.9. The molecule has 2 N–H and O–H groups in total. The summed E-state index contributed by atoms with van der Waals surface area (Å²) in [6.07, 6.45) is 7.34. The number of aromatic nitrogens is 5. The second kappa shape index (κ2) is 6.96. The van der Waals surface area contributed by atoms with E-state index in [-0.39, 0.29) is 0 Å². The Morgan fingerprint density at radius 1 is 0.500 bits per heavy atom. The van der Waals surface area contributed by atoms with Crippen LogP contribution >= 0.6 is 0 Å². The topological polar surface area (TPSA) is 70.2 Å². The monoisotopic (exact) mass is 363 g/mol. The number of nitrogens with zero attached hydrogens (tertiary/aromatic N) is 3. The zero-order chi connectivity index (χ0) is 18.8. The molecular weight excluding hydrogens is 346 g/mol. The van der Waals surface area contributed by atoms with Crippen LogP contribution in [0.5, 0.6) is 0 Å². The maximum absolute atomic E-state index is 4.51. The smallest absolute Gasteiger partial charge is 0.137 e. The lowest BCUT2D eigenvalue weighted by atomic mass is 10.1. The average molecular weight is 363 g/mol. The molecule has 0 aliphatic carbocycles. The van der Waals surface area contributed by atoms with Crippen molar-refractivity contribution in [2.45, 2.75) is 0 Å². The Balaban J connectivity index is 1.46. The van der Waals surface area contributed by atoms with Crippen LogP contribution in [0.15, 0.2) is 91.5 Å². The minimum absolute atomic E-state index is 0.842. The summed E-state index contributed by atoms with van der Waals surface area (Å²) in [5.74, 6) is 1.68. The first kappa shape index (κ1) is 16.2. The molecule has 0 spiro atoms. The average Bonchev–Trinajstić information content (AvgIpc) is 3.46. The molecule has 3 aromatic heterocycles. The summed E-state index contributed by atoms with van der Waals surface area (Å²) in [6.45, 7) is 0. The molecule has 5 aromatic rings. The number of nitrogens with one attached hydrogen (secondary N) is 2. The number of imidazole rings is 2. The van der Waals surface area contributed by atoms with Crippen molar-refractivity contribution in [2.75, 3.05) is 0 Å². The molecule has 0 bridgehead atoms. The highest BCUT2D eigenvalue weighted by atomic mass is 14.9. The molecule has 2 aromatic carbocycles. The van der Waals surface area contributed by atoms with Gasteiger partial charge >= 0.3 is 0 Å². The van der Waals surface area contributed by atoms with Crippen molar-refractivity contribution in [3.05, 3.63) is 91.5 Å². The zero-order valence-corrected chi connectivity index (χ0v) is 15.0. The maximum Gasteiger partial charge on any atom is 0.137 e. The Labute approximate surface area is 162 Å². The Morgan fingerprint density at radius 3 is 1.43 bits per heavy atom. The predicted octanol–water partition coefficient (Wildman–Crippen LogP) is 5.20. The van der Waals surface area contributed by atoms with Crippen molar-refractivity contribution in [1.29, 1.82) is 0 Å². The highest BCUT2D eigenvalue weighted by molar-refractivity contribution is 5.71. The van der Waals surface area contributed by atoms with Crippen LogP contribution in [-0.4, -0.2) is 24.9 Å². The normalized spacial score (nSPS) is 10.9. The van der Waals surface area contributed by atoms with E-state index in [0.29, 0.717) is 0 Å². The molecule has 0 atom stereocenters. The van der Waals surface area contributed by atoms with Gasteiger partial charge in [0.05, 0.1) is 23.8 Å². The number of rotatable bonds is 4. The summed E-state index contributed by atoms with van der Waals surface area (Å²) < 4.78 is 0. The van der Waals surface area contributed by atoms with E-state index < -0.39 is 0 Å². The van der Waals surface area contributed by atoms with Crippen LogP contribution in [0.1, 0.15) is 0 Å². The molecule has 0 fully saturated rings. The van der Waals surface area contributed by atoms with Crippen molar-refractivity contribution in [3.63, 3.8) is 0 Å². The van der Waals surface area contributed by atoms with E-state index in [1.807, 2.05) is 85.5 Å². The fraction of sp³-hybridized carbons (Fsp3) is 0. The molecule has 0 saturated carbocycles. The third kappa shape index (κ3) is 3.10. The molecule has 5 heteroatoms. The summed E-state index contributed by atoms with van der Waals surface area (Å²) in [7, 11) is 0. The second-order valence-electron chi connectivity index (χ2n) is 6.49. The summed E-state index contributed by atoms with van der Waals surface area (Å²) in [4.78, 5) is 20.2. The van der Waals surface area contributed by atoms with E-state index in [1.165, 1.54) is 0 Å². The fourth-order valence-corrected chi connectivity index (χ4v) is 3.16. The molecule has 0 amide bonds. The lowest BCUT2D eigenvalue weighted by Gasteiger charge is -2.02. The van der Waals surface area contributed by atoms with Gasteiger partial charge in [-0.05, 0) is 6.07 Å². The summed E-state index contributed by atoms with van der Waals surface area (Å²) >= 11 is 0. The summed E-state index contributed by atoms with van der Waals surface area (Å²) in [6, 6.07) is 22.2. The van der Waals surface area contributed by atoms with Gasteiger partial charge in [0.1, 0.15) is 11.6 Å². The molecule has 0 saturated heterocycles. The van der Waals surface area contributed by atoms with Crippen molar-refractivity contribution in [3.8, 4) is 45.3 Å². The Morgan fingerprint density at radius 2 is 0.964 bits per heavy atom. The molecule has 134 valence electrons. The second-order valence-corrected chi connectivity index (χ2v) is 6.49. The molecular formula is C23H17N5. The van der Waals surface area contributed by atoms with Gasteiger partial charge < -0.3 is 9.97 Å². The van der Waals surface area contributed by atoms with Crippen molar-refractivity contribution in [2.24, 2.45) is 0 Å². The van der Waals surface area contributed by atoms with Gasteiger partial charge in [0.2, 0.25) is 0 Å². The van der Waals surface area contributed by atoms with Gasteiger partial charge in [-0.1, -0.05) is 60.7 Å². The lowest BCUT2D eigenvalue weighted by molar-refractivity contribution is 1.28. The number of pyridine rings is 1. The van der Waals surface area contributed by atoms with Crippen LogP contribution in [0, 0.1) is 0 Å². The first-order valence-corrected chi connectivity index (χ1v) is 9.03. The number of benzene rings is 2. The lowest BCUT2D eigenvalue weighted by Crippen LogP contribution is -1.85. The Kier molecular flexibility index (Phi) is 4.03. The van der Waals surface area contributed by atoms with E-state index >= 15 is 0 Å². The fourth-order valence-electron chi connectivity index (χ4n) is 3.16. The van der Waals surface area contributed by atoms with Gasteiger partial charge in [0, 0.05) is 34.6 Å². The first-order valence-electron chi connectivity index (χ1n) is 9.03. The predicted molar refractivity (Wildman–Crippen MR) is 110 cm³/mol. The molecule has 0 radical (unpaired) electrons. The van der Waals surface area contributed by atoms with E-state index in [4.69, 9.17) is 0 Å². The zero-order valence-electron chi connectivity index (χ0n) is 15.0. The SMILES string of the molecule is c1ccc(-c2ncc(-c3cncc(-c4cnc(-c5ccccc5)[nH]4)c3)[nH]2)cc1. The van der Waals surface area contributed by atoms with E-state index in [9.17, 15) is 0 Å². The Bertz CT molecular complexity index is 1110. The summed E-state index contributed by atoms with van der Waals surface area (Å²) in [5.41, 5.74) is 5.91. The van der Waals surface area contributed by atoms with Crippen LogP contribution in [0.3, 0.4) is 0 Å². The van der Waals surface area contributed by atoms with Gasteiger partial charge in [-0.15, -0.1) is 0 Å². The molecule has 5 nitrogen and oxygen atoms in total. The number of aromatic amines is 2. The van der Waals surface area contributed by atoms with Crippen LogP contribution in [0.4, 0.5) is 0 Å². The molecule has 3 heterocycles. The highest BCUT2D eigenvalue weighted by Crippen LogP contribution is 2.26. The third-order valence-electron chi connectivity index (χ3n) is 4.61. The van der Waals surface area contributed by atoms with Crippen molar-refractivity contribution in [1.82, 2.24) is 24.9 Å². The summed E-state index contributed by atoms with van der Waals surface area (Å²) in [5, 5.41) is 0. The Hall–Kier alpha value is -3.99. The maximum atomic E-state index is 4.51. The largest absolute Gasteiger partial charge is 0.338 e. The van der Waals surface area contributed by atoms with E-state index in [1.54, 1.807) is 0 Å². The van der Waals surface area contributed by atoms with Gasteiger partial charge in [-0.3, -0.25) is 4.98 Å².